The number of benzene rings is 1. The Bertz CT molecular complexity index is 712. The second-order valence-electron chi connectivity index (χ2n) is 6.71. The molecular formula is C18H25N3O2. The van der Waals surface area contributed by atoms with Crippen LogP contribution in [0.5, 0.6) is 5.75 Å². The van der Waals surface area contributed by atoms with E-state index in [4.69, 9.17) is 4.74 Å². The normalized spacial score (nSPS) is 21.8. The number of ether oxygens (including phenoxy) is 1. The third kappa shape index (κ3) is 3.11. The predicted molar refractivity (Wildman–Crippen MR) is 91.1 cm³/mol. The van der Waals surface area contributed by atoms with Crippen LogP contribution in [0, 0.1) is 6.92 Å². The van der Waals surface area contributed by atoms with Gasteiger partial charge in [0.25, 0.3) is 0 Å². The monoisotopic (exact) mass is 315 g/mol. The Balaban J connectivity index is 1.77. The maximum absolute atomic E-state index is 11.6. The van der Waals surface area contributed by atoms with Crippen molar-refractivity contribution in [1.82, 2.24) is 14.7 Å². The van der Waals surface area contributed by atoms with Gasteiger partial charge in [0, 0.05) is 23.9 Å². The van der Waals surface area contributed by atoms with Gasteiger partial charge >= 0.3 is 0 Å². The molecule has 0 amide bonds. The fraction of sp³-hybridized carbons (Fsp3) is 0.556. The smallest absolute Gasteiger partial charge is 0.244 e. The number of carbonyl (C=O) groups excluding carboxylic acids is 1. The molecule has 2 aromatic rings. The minimum absolute atomic E-state index is 0.0740. The summed E-state index contributed by atoms with van der Waals surface area (Å²) in [7, 11) is 4.30. The molecule has 0 unspecified atom stereocenters. The summed E-state index contributed by atoms with van der Waals surface area (Å²) < 4.78 is 7.69. The molecule has 0 spiro atoms. The van der Waals surface area contributed by atoms with Crippen LogP contribution < -0.4 is 4.74 Å². The highest BCUT2D eigenvalue weighted by Gasteiger charge is 2.24. The lowest BCUT2D eigenvalue weighted by Gasteiger charge is -2.33. The van der Waals surface area contributed by atoms with Gasteiger partial charge < -0.3 is 9.64 Å². The quantitative estimate of drug-likeness (QED) is 0.872. The molecule has 1 fully saturated rings. The molecular weight excluding hydrogens is 290 g/mol. The van der Waals surface area contributed by atoms with Gasteiger partial charge in [-0.05, 0) is 58.8 Å². The molecule has 3 rings (SSSR count). The van der Waals surface area contributed by atoms with Crippen molar-refractivity contribution < 1.29 is 9.53 Å². The summed E-state index contributed by atoms with van der Waals surface area (Å²) in [5.74, 6) is 0.837. The van der Waals surface area contributed by atoms with Crippen LogP contribution in [0.15, 0.2) is 18.3 Å². The molecule has 23 heavy (non-hydrogen) atoms. The minimum atomic E-state index is -0.0740. The fourth-order valence-corrected chi connectivity index (χ4v) is 3.46. The van der Waals surface area contributed by atoms with Gasteiger partial charge in [-0.25, -0.2) is 4.68 Å². The lowest BCUT2D eigenvalue weighted by Crippen LogP contribution is -2.35. The predicted octanol–water partition coefficient (Wildman–Crippen LogP) is 3.26. The van der Waals surface area contributed by atoms with Crippen molar-refractivity contribution in [2.45, 2.75) is 51.7 Å². The Kier molecular flexibility index (Phi) is 4.39. The highest BCUT2D eigenvalue weighted by Crippen LogP contribution is 2.31. The molecule has 1 aliphatic carbocycles. The lowest BCUT2D eigenvalue weighted by molar-refractivity contribution is 0.0926. The van der Waals surface area contributed by atoms with E-state index in [0.29, 0.717) is 6.04 Å². The summed E-state index contributed by atoms with van der Waals surface area (Å²) >= 11 is 0. The number of hydrogen-bond donors (Lipinski definition) is 0. The maximum atomic E-state index is 11.6. The summed E-state index contributed by atoms with van der Waals surface area (Å²) in [5, 5.41) is 5.16. The van der Waals surface area contributed by atoms with E-state index >= 15 is 0 Å². The third-order valence-corrected chi connectivity index (χ3v) is 4.94. The van der Waals surface area contributed by atoms with E-state index in [0.717, 1.165) is 35.1 Å². The summed E-state index contributed by atoms with van der Waals surface area (Å²) in [5.41, 5.74) is 1.91. The zero-order chi connectivity index (χ0) is 16.6. The molecule has 1 heterocycles. The van der Waals surface area contributed by atoms with Gasteiger partial charge in [0.15, 0.2) is 0 Å². The number of fused-ring (bicyclic) bond motifs is 1. The van der Waals surface area contributed by atoms with Gasteiger partial charge in [0.2, 0.25) is 5.91 Å². The Labute approximate surface area is 137 Å². The van der Waals surface area contributed by atoms with Gasteiger partial charge in [-0.1, -0.05) is 0 Å². The van der Waals surface area contributed by atoms with Crippen LogP contribution in [0.1, 0.15) is 43.0 Å². The van der Waals surface area contributed by atoms with Gasteiger partial charge in [0.05, 0.1) is 17.8 Å². The van der Waals surface area contributed by atoms with Crippen molar-refractivity contribution in [2.75, 3.05) is 14.1 Å². The van der Waals surface area contributed by atoms with Gasteiger partial charge in [-0.3, -0.25) is 4.79 Å². The zero-order valence-electron chi connectivity index (χ0n) is 14.4. The van der Waals surface area contributed by atoms with E-state index in [2.05, 4.69) is 24.1 Å². The van der Waals surface area contributed by atoms with Crippen molar-refractivity contribution >= 4 is 16.8 Å². The molecule has 1 aromatic heterocycles. The third-order valence-electron chi connectivity index (χ3n) is 4.94. The van der Waals surface area contributed by atoms with E-state index < -0.39 is 0 Å². The highest BCUT2D eigenvalue weighted by molar-refractivity contribution is 5.92. The molecule has 0 atom stereocenters. The van der Waals surface area contributed by atoms with E-state index in [1.165, 1.54) is 24.4 Å². The molecule has 5 nitrogen and oxygen atoms in total. The first-order valence-electron chi connectivity index (χ1n) is 8.28. The van der Waals surface area contributed by atoms with Crippen LogP contribution in [-0.4, -0.2) is 46.8 Å². The molecule has 5 heteroatoms. The van der Waals surface area contributed by atoms with Gasteiger partial charge in [-0.15, -0.1) is 0 Å². The number of nitrogens with zero attached hydrogens (tertiary/aromatic N) is 3. The van der Waals surface area contributed by atoms with Crippen molar-refractivity contribution in [1.29, 1.82) is 0 Å². The standard InChI is InChI=1S/C18H25N3O2/c1-12-16-11-19-21(13(2)22)17(16)9-10-18(12)23-15-7-5-14(6-8-15)20(3)4/h9-11,14-15H,5-8H2,1-4H3. The first kappa shape index (κ1) is 16.0. The van der Waals surface area contributed by atoms with E-state index in [1.807, 2.05) is 19.1 Å². The molecule has 0 N–H and O–H groups in total. The summed E-state index contributed by atoms with van der Waals surface area (Å²) in [6.07, 6.45) is 6.58. The second kappa shape index (κ2) is 6.32. The Morgan fingerprint density at radius 1 is 1.26 bits per heavy atom. The Morgan fingerprint density at radius 3 is 2.57 bits per heavy atom. The summed E-state index contributed by atoms with van der Waals surface area (Å²) in [6.45, 7) is 3.56. The average molecular weight is 315 g/mol. The highest BCUT2D eigenvalue weighted by atomic mass is 16.5. The topological polar surface area (TPSA) is 47.4 Å². The molecule has 1 saturated carbocycles. The van der Waals surface area contributed by atoms with Crippen LogP contribution in [0.2, 0.25) is 0 Å². The Morgan fingerprint density at radius 2 is 1.96 bits per heavy atom. The Hall–Kier alpha value is -1.88. The fourth-order valence-electron chi connectivity index (χ4n) is 3.46. The molecule has 0 aliphatic heterocycles. The molecule has 124 valence electrons. The molecule has 0 saturated heterocycles. The van der Waals surface area contributed by atoms with E-state index in [9.17, 15) is 4.79 Å². The zero-order valence-corrected chi connectivity index (χ0v) is 14.4. The number of hydrogen-bond acceptors (Lipinski definition) is 4. The molecule has 0 bridgehead atoms. The van der Waals surface area contributed by atoms with Crippen molar-refractivity contribution in [2.24, 2.45) is 0 Å². The van der Waals surface area contributed by atoms with Crippen molar-refractivity contribution in [3.8, 4) is 5.75 Å². The first-order valence-corrected chi connectivity index (χ1v) is 8.28. The molecule has 0 radical (unpaired) electrons. The number of aryl methyl sites for hydroxylation is 1. The second-order valence-corrected chi connectivity index (χ2v) is 6.71. The van der Waals surface area contributed by atoms with Crippen LogP contribution in [0.4, 0.5) is 0 Å². The van der Waals surface area contributed by atoms with Gasteiger partial charge in [-0.2, -0.15) is 5.10 Å². The van der Waals surface area contributed by atoms with E-state index in [-0.39, 0.29) is 12.0 Å². The number of carbonyl (C=O) groups is 1. The van der Waals surface area contributed by atoms with Gasteiger partial charge in [0.1, 0.15) is 5.75 Å². The largest absolute Gasteiger partial charge is 0.490 e. The average Bonchev–Trinajstić information content (AvgIpc) is 2.95. The minimum Gasteiger partial charge on any atom is -0.490 e. The number of rotatable bonds is 3. The van der Waals surface area contributed by atoms with E-state index in [1.54, 1.807) is 6.20 Å². The summed E-state index contributed by atoms with van der Waals surface area (Å²) in [6, 6.07) is 4.57. The van der Waals surface area contributed by atoms with Crippen LogP contribution in [-0.2, 0) is 0 Å². The van der Waals surface area contributed by atoms with Crippen LogP contribution in [0.25, 0.3) is 10.9 Å². The molecule has 1 aliphatic rings. The van der Waals surface area contributed by atoms with Crippen LogP contribution >= 0.6 is 0 Å². The summed E-state index contributed by atoms with van der Waals surface area (Å²) in [4.78, 5) is 13.9. The molecule has 1 aromatic carbocycles. The maximum Gasteiger partial charge on any atom is 0.244 e. The first-order chi connectivity index (χ1) is 11.0. The van der Waals surface area contributed by atoms with Crippen molar-refractivity contribution in [3.05, 3.63) is 23.9 Å². The lowest BCUT2D eigenvalue weighted by atomic mass is 9.92. The van der Waals surface area contributed by atoms with Crippen LogP contribution in [0.3, 0.4) is 0 Å². The number of aromatic nitrogens is 2. The SMILES string of the molecule is CC(=O)n1ncc2c(C)c(OC3CCC(N(C)C)CC3)ccc21. The van der Waals surface area contributed by atoms with Crippen molar-refractivity contribution in [3.63, 3.8) is 0 Å².